The first-order valence-corrected chi connectivity index (χ1v) is 9.41. The van der Waals surface area contributed by atoms with Crippen LogP contribution in [0.1, 0.15) is 19.3 Å². The van der Waals surface area contributed by atoms with Crippen molar-refractivity contribution in [3.8, 4) is 0 Å². The number of thioether (sulfide) groups is 2. The first kappa shape index (κ1) is 17.9. The summed E-state index contributed by atoms with van der Waals surface area (Å²) in [4.78, 5) is 11.3. The lowest BCUT2D eigenvalue weighted by Crippen LogP contribution is -2.08. The zero-order valence-electron chi connectivity index (χ0n) is 10.1. The Morgan fingerprint density at radius 2 is 1.53 bits per heavy atom. The first-order valence-electron chi connectivity index (χ1n) is 5.84. The maximum absolute atomic E-state index is 11.3. The fraction of sp³-hybridized carbons (Fsp3) is 0.909. The van der Waals surface area contributed by atoms with E-state index in [1.807, 2.05) is 11.8 Å². The molecule has 0 aromatic carbocycles. The fourth-order valence-electron chi connectivity index (χ4n) is 0.979. The fourth-order valence-corrected chi connectivity index (χ4v) is 3.34. The van der Waals surface area contributed by atoms with E-state index in [1.54, 1.807) is 11.8 Å². The zero-order chi connectivity index (χ0) is 12.8. The van der Waals surface area contributed by atoms with Gasteiger partial charge in [-0.25, -0.2) is 0 Å². The number of ether oxygens (including phenoxy) is 1. The van der Waals surface area contributed by atoms with Crippen molar-refractivity contribution in [2.24, 2.45) is 0 Å². The number of hydrogen-bond donors (Lipinski definition) is 2. The van der Waals surface area contributed by atoms with Crippen LogP contribution in [0, 0.1) is 0 Å². The summed E-state index contributed by atoms with van der Waals surface area (Å²) in [7, 11) is 0. The van der Waals surface area contributed by atoms with Crippen molar-refractivity contribution in [2.45, 2.75) is 19.3 Å². The summed E-state index contributed by atoms with van der Waals surface area (Å²) in [6, 6.07) is 0. The van der Waals surface area contributed by atoms with Crippen LogP contribution in [0.3, 0.4) is 0 Å². The molecule has 0 N–H and O–H groups in total. The van der Waals surface area contributed by atoms with E-state index in [9.17, 15) is 4.79 Å². The molecule has 0 aromatic rings. The van der Waals surface area contributed by atoms with Crippen LogP contribution in [0.2, 0.25) is 0 Å². The van der Waals surface area contributed by atoms with Crippen molar-refractivity contribution >= 4 is 54.8 Å². The minimum atomic E-state index is -0.0711. The van der Waals surface area contributed by atoms with Crippen LogP contribution in [-0.2, 0) is 9.53 Å². The third kappa shape index (κ3) is 14.8. The van der Waals surface area contributed by atoms with Crippen LogP contribution in [0.5, 0.6) is 0 Å². The molecular weight excluding hydrogens is 292 g/mol. The molecule has 0 aliphatic heterocycles. The van der Waals surface area contributed by atoms with Gasteiger partial charge in [-0.1, -0.05) is 0 Å². The van der Waals surface area contributed by atoms with Crippen molar-refractivity contribution in [3.63, 3.8) is 0 Å². The second-order valence-corrected chi connectivity index (χ2v) is 6.69. The number of carbonyl (C=O) groups excluding carboxylic acids is 1. The maximum Gasteiger partial charge on any atom is 0.306 e. The van der Waals surface area contributed by atoms with Gasteiger partial charge in [0.15, 0.2) is 0 Å². The lowest BCUT2D eigenvalue weighted by atomic mass is 10.5. The molecule has 0 bridgehead atoms. The highest BCUT2D eigenvalue weighted by molar-refractivity contribution is 7.99. The maximum atomic E-state index is 11.3. The van der Waals surface area contributed by atoms with Gasteiger partial charge in [0.05, 0.1) is 6.42 Å². The van der Waals surface area contributed by atoms with Crippen LogP contribution >= 0.6 is 48.8 Å². The Bertz CT molecular complexity index is 179. The largest absolute Gasteiger partial charge is 0.465 e. The summed E-state index contributed by atoms with van der Waals surface area (Å²) in [6.07, 6.45) is 2.74. The number of esters is 1. The normalized spacial score (nSPS) is 10.5. The predicted molar refractivity (Wildman–Crippen MR) is 87.2 cm³/mol. The molecular formula is C11H22O2S4. The molecule has 0 heterocycles. The molecule has 17 heavy (non-hydrogen) atoms. The highest BCUT2D eigenvalue weighted by Crippen LogP contribution is 2.07. The van der Waals surface area contributed by atoms with Gasteiger partial charge >= 0.3 is 5.97 Å². The Labute approximate surface area is 124 Å². The van der Waals surface area contributed by atoms with Gasteiger partial charge in [-0.15, -0.1) is 0 Å². The van der Waals surface area contributed by atoms with Gasteiger partial charge in [0.25, 0.3) is 0 Å². The van der Waals surface area contributed by atoms with Gasteiger partial charge < -0.3 is 4.74 Å². The molecule has 0 fully saturated rings. The number of thiol groups is 2. The van der Waals surface area contributed by atoms with Crippen molar-refractivity contribution in [1.82, 2.24) is 0 Å². The minimum Gasteiger partial charge on any atom is -0.465 e. The van der Waals surface area contributed by atoms with E-state index < -0.39 is 0 Å². The molecule has 0 rings (SSSR count). The Morgan fingerprint density at radius 1 is 0.941 bits per heavy atom. The third-order valence-corrected chi connectivity index (χ3v) is 4.57. The number of rotatable bonds is 12. The van der Waals surface area contributed by atoms with E-state index >= 15 is 0 Å². The molecule has 0 aliphatic carbocycles. The SMILES string of the molecule is O=C(CCSCCCS)OCCSCCCS. The lowest BCUT2D eigenvalue weighted by molar-refractivity contribution is -0.142. The monoisotopic (exact) mass is 314 g/mol. The molecule has 6 heteroatoms. The van der Waals surface area contributed by atoms with Crippen LogP contribution in [-0.4, -0.2) is 47.1 Å². The van der Waals surface area contributed by atoms with Crippen molar-refractivity contribution in [3.05, 3.63) is 0 Å². The van der Waals surface area contributed by atoms with Gasteiger partial charge in [-0.05, 0) is 35.9 Å². The molecule has 0 unspecified atom stereocenters. The zero-order valence-corrected chi connectivity index (χ0v) is 13.5. The van der Waals surface area contributed by atoms with Gasteiger partial charge in [0.1, 0.15) is 6.61 Å². The van der Waals surface area contributed by atoms with Gasteiger partial charge in [0, 0.05) is 11.5 Å². The Kier molecular flexibility index (Phi) is 15.7. The average molecular weight is 315 g/mol. The minimum absolute atomic E-state index is 0.0711. The average Bonchev–Trinajstić information content (AvgIpc) is 2.33. The molecule has 0 atom stereocenters. The standard InChI is InChI=1S/C11H22O2S4/c12-11(3-9-16-7-1-5-14)13-4-10-17-8-2-6-15/h14-15H,1-10H2. The smallest absolute Gasteiger partial charge is 0.306 e. The Balaban J connectivity index is 3.12. The third-order valence-electron chi connectivity index (χ3n) is 1.83. The van der Waals surface area contributed by atoms with E-state index in [0.29, 0.717) is 13.0 Å². The Morgan fingerprint density at radius 3 is 2.12 bits per heavy atom. The van der Waals surface area contributed by atoms with Crippen molar-refractivity contribution in [2.75, 3.05) is 41.1 Å². The highest BCUT2D eigenvalue weighted by atomic mass is 32.2. The summed E-state index contributed by atoms with van der Waals surface area (Å²) in [5.41, 5.74) is 0. The molecule has 0 amide bonds. The van der Waals surface area contributed by atoms with Gasteiger partial charge in [-0.2, -0.15) is 48.8 Å². The van der Waals surface area contributed by atoms with E-state index in [1.165, 1.54) is 0 Å². The molecule has 0 spiro atoms. The first-order chi connectivity index (χ1) is 8.31. The summed E-state index contributed by atoms with van der Waals surface area (Å²) in [6.45, 7) is 0.539. The summed E-state index contributed by atoms with van der Waals surface area (Å²) in [5.74, 6) is 5.71. The van der Waals surface area contributed by atoms with Gasteiger partial charge in [0.2, 0.25) is 0 Å². The molecule has 0 aliphatic rings. The summed E-state index contributed by atoms with van der Waals surface area (Å²) >= 11 is 11.9. The highest BCUT2D eigenvalue weighted by Gasteiger charge is 2.02. The van der Waals surface area contributed by atoms with Gasteiger partial charge in [-0.3, -0.25) is 4.79 Å². The second-order valence-electron chi connectivity index (χ2n) is 3.35. The van der Waals surface area contributed by atoms with Crippen LogP contribution in [0.25, 0.3) is 0 Å². The molecule has 0 aromatic heterocycles. The van der Waals surface area contributed by atoms with E-state index in [2.05, 4.69) is 25.3 Å². The Hall–Kier alpha value is 0.870. The molecule has 102 valence electrons. The molecule has 0 saturated heterocycles. The number of carbonyl (C=O) groups is 1. The van der Waals surface area contributed by atoms with Crippen LogP contribution in [0.15, 0.2) is 0 Å². The topological polar surface area (TPSA) is 26.3 Å². The molecule has 2 nitrogen and oxygen atoms in total. The van der Waals surface area contributed by atoms with E-state index in [4.69, 9.17) is 4.74 Å². The van der Waals surface area contributed by atoms with E-state index in [0.717, 1.165) is 47.4 Å². The summed E-state index contributed by atoms with van der Waals surface area (Å²) < 4.78 is 5.12. The van der Waals surface area contributed by atoms with Crippen molar-refractivity contribution < 1.29 is 9.53 Å². The van der Waals surface area contributed by atoms with Crippen molar-refractivity contribution in [1.29, 1.82) is 0 Å². The predicted octanol–water partition coefficient (Wildman–Crippen LogP) is 3.03. The molecule has 0 radical (unpaired) electrons. The number of hydrogen-bond acceptors (Lipinski definition) is 6. The molecule has 0 saturated carbocycles. The van der Waals surface area contributed by atoms with Crippen LogP contribution < -0.4 is 0 Å². The van der Waals surface area contributed by atoms with Crippen LogP contribution in [0.4, 0.5) is 0 Å². The second kappa shape index (κ2) is 14.9. The lowest BCUT2D eigenvalue weighted by Gasteiger charge is -2.04. The quantitative estimate of drug-likeness (QED) is 0.329. The summed E-state index contributed by atoms with van der Waals surface area (Å²) in [5, 5.41) is 0. The van der Waals surface area contributed by atoms with E-state index in [-0.39, 0.29) is 5.97 Å².